The van der Waals surface area contributed by atoms with Crippen LogP contribution in [-0.4, -0.2) is 319 Å². The number of hydrogen-bond donors (Lipinski definition) is 0. The van der Waals surface area contributed by atoms with Gasteiger partial charge in [0.15, 0.2) is 102 Å². The topological polar surface area (TPSA) is 282 Å². The van der Waals surface area contributed by atoms with Gasteiger partial charge in [-0.05, 0) is 127 Å². The molecule has 28 nitrogen and oxygen atoms in total. The number of ether oxygens (including phenoxy) is 21. The number of epoxide rings is 7. The maximum Gasteiger partial charge on any atom is 0.192 e. The summed E-state index contributed by atoms with van der Waals surface area (Å²) >= 11 is 0. The summed E-state index contributed by atoms with van der Waals surface area (Å²) in [6, 6.07) is 0. The van der Waals surface area contributed by atoms with Gasteiger partial charge in [-0.3, -0.25) is 0 Å². The van der Waals surface area contributed by atoms with Gasteiger partial charge in [-0.1, -0.05) is 145 Å². The zero-order chi connectivity index (χ0) is 87.0. The first-order valence-corrected chi connectivity index (χ1v) is 65.1. The van der Waals surface area contributed by atoms with Gasteiger partial charge in [0.1, 0.15) is 171 Å². The van der Waals surface area contributed by atoms with Crippen LogP contribution in [0, 0.1) is 0 Å². The number of fused-ring (bicyclic) bond motifs is 6. The lowest BCUT2D eigenvalue weighted by Crippen LogP contribution is -2.59. The first-order valence-electron chi connectivity index (χ1n) is 44.8. The van der Waals surface area contributed by atoms with Crippen molar-refractivity contribution in [3.8, 4) is 0 Å². The highest BCUT2D eigenvalue weighted by Crippen LogP contribution is 2.56. The van der Waals surface area contributed by atoms with Crippen LogP contribution in [0.2, 0.25) is 127 Å². The molecule has 0 radical (unpaired) electrons. The van der Waals surface area contributed by atoms with Crippen molar-refractivity contribution < 1.29 is 130 Å². The smallest absolute Gasteiger partial charge is 0.192 e. The first-order chi connectivity index (χ1) is 54.6. The van der Waals surface area contributed by atoms with Crippen molar-refractivity contribution in [1.82, 2.24) is 0 Å². The Labute approximate surface area is 718 Å². The summed E-state index contributed by atoms with van der Waals surface area (Å²) in [5, 5.41) is -0.874. The lowest BCUT2D eigenvalue weighted by Gasteiger charge is -2.44. The Balaban J connectivity index is 0.782. The van der Waals surface area contributed by atoms with Gasteiger partial charge in [0, 0.05) is 0 Å². The minimum atomic E-state index is -2.42. The van der Waals surface area contributed by atoms with Crippen LogP contribution in [0.3, 0.4) is 0 Å². The minimum Gasteiger partial charge on any atom is -0.414 e. The maximum absolute atomic E-state index is 7.35. The standard InChI is InChI=1S/C84H154O28Si7/c1-78(2,3)113(22,23)85-36-43-50-57-64(99-57)71(92-43)107-51-44(37-86-114(24,25)79(4,5)6)94-73(66-58(51)101-66)109-53-46(39-88-116(28,29)81(10,11)12)96-75(68-60(53)103-68)111-55-48(41-90-118(32,33)83(16,17)18)98-77(70-62(55)105-70)112-56-49(42-91-119(34,35)84(19,20)21)97-76(69-63(56)104-69)110-54-47(40-89-117(30,31)82(13,14)15)95-74(67-61(54)102-67)108-52-45(38-87-115(26,27)80(7,8)9)93-72(106-50)65-59(52)100-65/h43-77H,36-42H2,1-35H3/t43-,44-,45-,46-,47-,48-,49-,50-,51-,52-,53-,54-,55-,56-,57+,58+,59+,60+,61+,62+,63+,64+,65+,66+,67+,68+,69+,70+,71-,72-,73-,74-,75-,76-,77-/m1/s1. The third kappa shape index (κ3) is 19.4. The molecule has 0 saturated carbocycles. The van der Waals surface area contributed by atoms with E-state index in [0.717, 1.165) is 0 Å². The van der Waals surface area contributed by atoms with E-state index >= 15 is 0 Å². The second kappa shape index (κ2) is 32.4. The lowest BCUT2D eigenvalue weighted by atomic mass is 10.0. The second-order valence-corrected chi connectivity index (χ2v) is 81.1. The molecule has 0 aromatic carbocycles. The van der Waals surface area contributed by atoms with E-state index in [1.165, 1.54) is 0 Å². The predicted octanol–water partition coefficient (Wildman–Crippen LogP) is 13.3. The summed E-state index contributed by atoms with van der Waals surface area (Å²) in [6.45, 7) is 79.6. The van der Waals surface area contributed by atoms with Crippen molar-refractivity contribution in [2.45, 2.75) is 487 Å². The van der Waals surface area contributed by atoms with E-state index in [2.05, 4.69) is 237 Å². The third-order valence-corrected chi connectivity index (χ3v) is 63.2. The minimum absolute atomic E-state index is 0.125. The van der Waals surface area contributed by atoms with Crippen LogP contribution in [0.4, 0.5) is 0 Å². The first kappa shape index (κ1) is 94.1. The van der Waals surface area contributed by atoms with Crippen molar-refractivity contribution in [2.75, 3.05) is 46.2 Å². The molecule has 0 spiro atoms. The molecule has 22 aliphatic heterocycles. The molecule has 119 heavy (non-hydrogen) atoms. The fourth-order valence-electron chi connectivity index (χ4n) is 15.6. The van der Waals surface area contributed by atoms with Gasteiger partial charge in [-0.15, -0.1) is 0 Å². The number of hydrogen-bond acceptors (Lipinski definition) is 28. The van der Waals surface area contributed by atoms with Gasteiger partial charge >= 0.3 is 0 Å². The molecule has 22 rings (SSSR count). The molecule has 0 N–H and O–H groups in total. The van der Waals surface area contributed by atoms with Crippen LogP contribution >= 0.6 is 0 Å². The normalized spacial score (nSPS) is 43.9. The second-order valence-electron chi connectivity index (χ2n) is 47.5. The van der Waals surface area contributed by atoms with E-state index in [1.807, 2.05) is 0 Å². The van der Waals surface area contributed by atoms with Crippen LogP contribution in [-0.2, 0) is 130 Å². The fourth-order valence-corrected chi connectivity index (χ4v) is 22.7. The molecule has 22 saturated heterocycles. The summed E-state index contributed by atoms with van der Waals surface area (Å²) in [6.07, 6.45) is -22.8. The highest BCUT2D eigenvalue weighted by molar-refractivity contribution is 6.76. The average molecular weight is 1810 g/mol. The maximum atomic E-state index is 7.35. The van der Waals surface area contributed by atoms with Crippen LogP contribution in [0.5, 0.6) is 0 Å². The molecular formula is C84H154O28Si7. The van der Waals surface area contributed by atoms with Gasteiger partial charge in [-0.2, -0.15) is 0 Å². The molecule has 22 aliphatic rings. The molecule has 0 aliphatic carbocycles. The molecule has 35 atom stereocenters. The summed E-state index contributed by atoms with van der Waals surface area (Å²) in [7, 11) is -16.9. The molecule has 0 amide bonds. The Bertz CT molecular complexity index is 2900. The van der Waals surface area contributed by atoms with Gasteiger partial charge < -0.3 is 130 Å². The van der Waals surface area contributed by atoms with E-state index in [0.29, 0.717) is 0 Å². The molecule has 22 fully saturated rings. The number of rotatable bonds is 21. The Kier molecular flexibility index (Phi) is 25.6. The van der Waals surface area contributed by atoms with E-state index in [4.69, 9.17) is 130 Å². The van der Waals surface area contributed by atoms with Crippen molar-refractivity contribution in [3.63, 3.8) is 0 Å². The molecule has 686 valence electrons. The molecule has 35 heteroatoms. The van der Waals surface area contributed by atoms with Gasteiger partial charge in [0.2, 0.25) is 0 Å². The average Bonchev–Trinajstić information content (AvgIpc) is 1.57. The van der Waals surface area contributed by atoms with Crippen LogP contribution in [0.15, 0.2) is 0 Å². The highest BCUT2D eigenvalue weighted by atomic mass is 28.4. The fraction of sp³-hybridized carbons (Fsp3) is 1.00. The van der Waals surface area contributed by atoms with Crippen LogP contribution < -0.4 is 0 Å². The highest BCUT2D eigenvalue weighted by Gasteiger charge is 2.73. The quantitative estimate of drug-likeness (QED) is 0.0762. The monoisotopic (exact) mass is 1810 g/mol. The predicted molar refractivity (Wildman–Crippen MR) is 457 cm³/mol. The summed E-state index contributed by atoms with van der Waals surface area (Å²) in [5.41, 5.74) is 0. The third-order valence-electron chi connectivity index (χ3n) is 31.7. The Hall–Kier alpha value is 0.398. The molecule has 22 heterocycles. The molecular weight excluding hydrogens is 1650 g/mol. The summed E-state index contributed by atoms with van der Waals surface area (Å²) < 4.78 is 200. The Morgan fingerprint density at radius 3 is 0.336 bits per heavy atom. The van der Waals surface area contributed by atoms with E-state index in [1.54, 1.807) is 0 Å². The van der Waals surface area contributed by atoms with Crippen molar-refractivity contribution in [1.29, 1.82) is 0 Å². The van der Waals surface area contributed by atoms with E-state index in [-0.39, 0.29) is 81.5 Å². The summed E-state index contributed by atoms with van der Waals surface area (Å²) in [4.78, 5) is 0. The SMILES string of the molecule is CC(C)(C)[Si](C)(C)OC[C@H]1O[C@@H]2O[C@H]3[C@@H]4O[C@@H]4[C@@H](O[C@H]4[C@@H]5O[C@@H]5[C@@H](O[C@H]5[C@@H]6O[C@@H]6[C@@H](O[C@H]6[C@@H]7O[C@@H]7[C@@H](O[C@H]7[C@@H]8O[C@@H]8[C@@H](O[C@H]8[C@@H]9O[C@@H]9[C@@H](O[C@H]1[C@@H]1O[C@H]21)O[C@@H]8CO[Si](C)(C)C(C)(C)C)O[C@@H]7CO[Si](C)(C)C(C)(C)C)O[C@@H]6CO[Si](C)(C)C(C)(C)C)O[C@@H]5CO[Si](C)(C)C(C)(C)C)O[C@@H]4CO[Si](C)(C)C(C)(C)C)O[C@@H]3CO[Si](C)(C)C(C)(C)C. The van der Waals surface area contributed by atoms with E-state index < -0.39 is 273 Å². The summed E-state index contributed by atoms with van der Waals surface area (Å²) in [5.74, 6) is 0. The van der Waals surface area contributed by atoms with Gasteiger partial charge in [0.25, 0.3) is 0 Å². The molecule has 14 bridgehead atoms. The molecule has 0 unspecified atom stereocenters. The molecule has 0 aromatic heterocycles. The van der Waals surface area contributed by atoms with Crippen LogP contribution in [0.1, 0.15) is 145 Å². The van der Waals surface area contributed by atoms with Crippen molar-refractivity contribution >= 4 is 58.2 Å². The zero-order valence-corrected chi connectivity index (χ0v) is 85.6. The van der Waals surface area contributed by atoms with Crippen molar-refractivity contribution in [3.05, 3.63) is 0 Å². The lowest BCUT2D eigenvalue weighted by molar-refractivity contribution is -0.315. The van der Waals surface area contributed by atoms with Crippen molar-refractivity contribution in [2.24, 2.45) is 0 Å². The van der Waals surface area contributed by atoms with Gasteiger partial charge in [0.05, 0.1) is 46.2 Å². The van der Waals surface area contributed by atoms with E-state index in [9.17, 15) is 0 Å². The largest absolute Gasteiger partial charge is 0.414 e. The Morgan fingerprint density at radius 1 is 0.143 bits per heavy atom. The zero-order valence-electron chi connectivity index (χ0n) is 78.6. The van der Waals surface area contributed by atoms with Crippen LogP contribution in [0.25, 0.3) is 0 Å². The Morgan fingerprint density at radius 2 is 0.244 bits per heavy atom. The molecule has 0 aromatic rings. The van der Waals surface area contributed by atoms with Gasteiger partial charge in [-0.25, -0.2) is 0 Å².